The van der Waals surface area contributed by atoms with E-state index in [1.165, 1.54) is 7.11 Å². The molecular formula is C16H16N4O3. The van der Waals surface area contributed by atoms with Crippen molar-refractivity contribution in [2.75, 3.05) is 14.2 Å². The summed E-state index contributed by atoms with van der Waals surface area (Å²) in [6.07, 6.45) is 0. The number of nitrogens with one attached hydrogen (secondary N) is 1. The monoisotopic (exact) mass is 312 g/mol. The molecule has 1 aromatic carbocycles. The molecule has 0 spiro atoms. The third-order valence-corrected chi connectivity index (χ3v) is 3.37. The number of hydrogen-bond acceptors (Lipinski definition) is 6. The minimum absolute atomic E-state index is 0.0336. The van der Waals surface area contributed by atoms with Crippen molar-refractivity contribution in [2.24, 2.45) is 10.2 Å². The smallest absolute Gasteiger partial charge is 0.266 e. The number of H-pyrrole nitrogens is 1. The van der Waals surface area contributed by atoms with Crippen LogP contribution < -0.4 is 15.0 Å². The predicted molar refractivity (Wildman–Crippen MR) is 85.0 cm³/mol. The SMILES string of the molecule is COc1ccc(N=Nc2c(C)[nH]c(=O)c(C#N)c2C)c(OC)c1. The Hall–Kier alpha value is -3.14. The van der Waals surface area contributed by atoms with Crippen molar-refractivity contribution in [2.45, 2.75) is 13.8 Å². The number of aromatic amines is 1. The molecule has 23 heavy (non-hydrogen) atoms. The van der Waals surface area contributed by atoms with Gasteiger partial charge in [-0.3, -0.25) is 4.79 Å². The first-order valence-electron chi connectivity index (χ1n) is 6.79. The van der Waals surface area contributed by atoms with E-state index < -0.39 is 5.56 Å². The van der Waals surface area contributed by atoms with E-state index in [0.717, 1.165) is 0 Å². The van der Waals surface area contributed by atoms with Crippen LogP contribution in [0, 0.1) is 25.2 Å². The Labute approximate surface area is 133 Å². The molecule has 118 valence electrons. The number of aryl methyl sites for hydroxylation is 1. The standard InChI is InChI=1S/C16H16N4O3/c1-9-12(8-17)16(21)18-10(2)15(9)20-19-13-6-5-11(22-3)7-14(13)23-4/h5-7H,1-4H3,(H,18,21). The molecule has 0 fully saturated rings. The van der Waals surface area contributed by atoms with Gasteiger partial charge < -0.3 is 14.5 Å². The molecule has 1 heterocycles. The Morgan fingerprint density at radius 1 is 1.17 bits per heavy atom. The van der Waals surface area contributed by atoms with Gasteiger partial charge in [0.2, 0.25) is 0 Å². The summed E-state index contributed by atoms with van der Waals surface area (Å²) >= 11 is 0. The summed E-state index contributed by atoms with van der Waals surface area (Å²) in [4.78, 5) is 14.3. The fourth-order valence-electron chi connectivity index (χ4n) is 2.12. The molecule has 7 heteroatoms. The molecule has 2 aromatic rings. The molecule has 1 aromatic heterocycles. The van der Waals surface area contributed by atoms with Crippen LogP contribution in [0.5, 0.6) is 11.5 Å². The number of ether oxygens (including phenoxy) is 2. The first-order valence-corrected chi connectivity index (χ1v) is 6.79. The van der Waals surface area contributed by atoms with Crippen LogP contribution in [0.3, 0.4) is 0 Å². The molecule has 2 rings (SSSR count). The van der Waals surface area contributed by atoms with Gasteiger partial charge in [0.15, 0.2) is 0 Å². The van der Waals surface area contributed by atoms with Crippen molar-refractivity contribution in [1.29, 1.82) is 5.26 Å². The van der Waals surface area contributed by atoms with Gasteiger partial charge >= 0.3 is 0 Å². The third kappa shape index (κ3) is 3.21. The molecule has 0 amide bonds. The first kappa shape index (κ1) is 16.2. The molecule has 0 unspecified atom stereocenters. The quantitative estimate of drug-likeness (QED) is 0.875. The van der Waals surface area contributed by atoms with Crippen molar-refractivity contribution in [3.63, 3.8) is 0 Å². The lowest BCUT2D eigenvalue weighted by molar-refractivity contribution is 0.395. The second kappa shape index (κ2) is 6.75. The van der Waals surface area contributed by atoms with Gasteiger partial charge in [0.25, 0.3) is 5.56 Å². The van der Waals surface area contributed by atoms with Crippen LogP contribution in [0.15, 0.2) is 33.2 Å². The van der Waals surface area contributed by atoms with E-state index in [0.29, 0.717) is 34.1 Å². The van der Waals surface area contributed by atoms with Gasteiger partial charge in [-0.2, -0.15) is 5.26 Å². The normalized spacial score (nSPS) is 10.6. The van der Waals surface area contributed by atoms with Crippen molar-refractivity contribution in [1.82, 2.24) is 4.98 Å². The zero-order valence-corrected chi connectivity index (χ0v) is 13.3. The highest BCUT2D eigenvalue weighted by Gasteiger charge is 2.12. The molecule has 0 aliphatic heterocycles. The van der Waals surface area contributed by atoms with Crippen molar-refractivity contribution in [3.05, 3.63) is 45.4 Å². The number of methoxy groups -OCH3 is 2. The van der Waals surface area contributed by atoms with E-state index in [1.54, 1.807) is 39.2 Å². The highest BCUT2D eigenvalue weighted by atomic mass is 16.5. The first-order chi connectivity index (χ1) is 11.0. The van der Waals surface area contributed by atoms with Gasteiger partial charge in [-0.05, 0) is 26.0 Å². The van der Waals surface area contributed by atoms with Crippen LogP contribution in [0.25, 0.3) is 0 Å². The number of aromatic nitrogens is 1. The summed E-state index contributed by atoms with van der Waals surface area (Å²) in [6.45, 7) is 3.37. The molecule has 1 N–H and O–H groups in total. The number of benzene rings is 1. The minimum atomic E-state index is -0.427. The molecule has 0 bridgehead atoms. The minimum Gasteiger partial charge on any atom is -0.497 e. The summed E-state index contributed by atoms with van der Waals surface area (Å²) in [6, 6.07) is 7.03. The highest BCUT2D eigenvalue weighted by molar-refractivity contribution is 5.58. The van der Waals surface area contributed by atoms with Crippen LogP contribution in [0.4, 0.5) is 11.4 Å². The van der Waals surface area contributed by atoms with Crippen LogP contribution in [-0.2, 0) is 0 Å². The predicted octanol–water partition coefficient (Wildman–Crippen LogP) is 3.30. The van der Waals surface area contributed by atoms with Crippen molar-refractivity contribution < 1.29 is 9.47 Å². The summed E-state index contributed by atoms with van der Waals surface area (Å²) < 4.78 is 10.4. The Morgan fingerprint density at radius 3 is 2.52 bits per heavy atom. The number of nitrogens with zero attached hydrogens (tertiary/aromatic N) is 3. The maximum Gasteiger partial charge on any atom is 0.266 e. The lowest BCUT2D eigenvalue weighted by atomic mass is 10.1. The topological polar surface area (TPSA) is 99.8 Å². The lowest BCUT2D eigenvalue weighted by Crippen LogP contribution is -2.13. The molecule has 0 saturated heterocycles. The molecule has 0 aliphatic rings. The number of rotatable bonds is 4. The van der Waals surface area contributed by atoms with E-state index in [2.05, 4.69) is 15.2 Å². The van der Waals surface area contributed by atoms with Crippen LogP contribution >= 0.6 is 0 Å². The van der Waals surface area contributed by atoms with Gasteiger partial charge in [-0.25, -0.2) is 0 Å². The maximum absolute atomic E-state index is 11.7. The fraction of sp³-hybridized carbons (Fsp3) is 0.250. The van der Waals surface area contributed by atoms with Crippen LogP contribution in [-0.4, -0.2) is 19.2 Å². The highest BCUT2D eigenvalue weighted by Crippen LogP contribution is 2.33. The maximum atomic E-state index is 11.7. The van der Waals surface area contributed by atoms with E-state index in [-0.39, 0.29) is 5.56 Å². The second-order valence-corrected chi connectivity index (χ2v) is 4.78. The van der Waals surface area contributed by atoms with Gasteiger partial charge in [-0.1, -0.05) is 0 Å². The zero-order valence-electron chi connectivity index (χ0n) is 13.3. The summed E-state index contributed by atoms with van der Waals surface area (Å²) in [5.41, 5.74) is 1.61. The molecule has 0 radical (unpaired) electrons. The van der Waals surface area contributed by atoms with E-state index in [9.17, 15) is 4.79 Å². The Morgan fingerprint density at radius 2 is 1.91 bits per heavy atom. The molecule has 0 saturated carbocycles. The second-order valence-electron chi connectivity index (χ2n) is 4.78. The number of nitriles is 1. The number of hydrogen-bond donors (Lipinski definition) is 1. The summed E-state index contributed by atoms with van der Waals surface area (Å²) in [5.74, 6) is 1.15. The van der Waals surface area contributed by atoms with Gasteiger partial charge in [0.1, 0.15) is 34.5 Å². The average Bonchev–Trinajstić information content (AvgIpc) is 2.54. The molecule has 0 aliphatic carbocycles. The Kier molecular flexibility index (Phi) is 4.76. The van der Waals surface area contributed by atoms with Gasteiger partial charge in [-0.15, -0.1) is 10.2 Å². The van der Waals surface area contributed by atoms with Crippen LogP contribution in [0.1, 0.15) is 16.8 Å². The molecular weight excluding hydrogens is 296 g/mol. The lowest BCUT2D eigenvalue weighted by Gasteiger charge is -2.07. The number of azo groups is 1. The molecule has 7 nitrogen and oxygen atoms in total. The number of pyridine rings is 1. The van der Waals surface area contributed by atoms with Crippen molar-refractivity contribution in [3.8, 4) is 17.6 Å². The third-order valence-electron chi connectivity index (χ3n) is 3.37. The Balaban J connectivity index is 2.50. The average molecular weight is 312 g/mol. The largest absolute Gasteiger partial charge is 0.497 e. The Bertz CT molecular complexity index is 863. The van der Waals surface area contributed by atoms with E-state index >= 15 is 0 Å². The molecule has 0 atom stereocenters. The van der Waals surface area contributed by atoms with Gasteiger partial charge in [0, 0.05) is 17.3 Å². The van der Waals surface area contributed by atoms with E-state index in [1.807, 2.05) is 6.07 Å². The fourth-order valence-corrected chi connectivity index (χ4v) is 2.12. The van der Waals surface area contributed by atoms with E-state index in [4.69, 9.17) is 14.7 Å². The van der Waals surface area contributed by atoms with Crippen molar-refractivity contribution >= 4 is 11.4 Å². The zero-order chi connectivity index (χ0) is 17.0. The van der Waals surface area contributed by atoms with Gasteiger partial charge in [0.05, 0.1) is 14.2 Å². The summed E-state index contributed by atoms with van der Waals surface area (Å²) in [7, 11) is 3.09. The summed E-state index contributed by atoms with van der Waals surface area (Å²) in [5, 5.41) is 17.4. The van der Waals surface area contributed by atoms with Crippen LogP contribution in [0.2, 0.25) is 0 Å².